The Hall–Kier alpha value is -2.09. The molecule has 1 heterocycles. The fraction of sp³-hybridized carbons (Fsp3) is 0.545. The van der Waals surface area contributed by atoms with E-state index in [0.717, 1.165) is 12.6 Å². The lowest BCUT2D eigenvalue weighted by Crippen LogP contribution is -2.49. The SMILES string of the molecule is Cn1nccc1CCNC(=O)NCC(C)(O)C(=O)O. The van der Waals surface area contributed by atoms with E-state index in [9.17, 15) is 14.7 Å². The Morgan fingerprint density at radius 3 is 2.68 bits per heavy atom. The predicted octanol–water partition coefficient (Wildman–Crippen LogP) is -0.903. The van der Waals surface area contributed by atoms with Gasteiger partial charge in [-0.2, -0.15) is 5.10 Å². The number of nitrogens with zero attached hydrogens (tertiary/aromatic N) is 2. The second-order valence-electron chi connectivity index (χ2n) is 4.38. The second-order valence-corrected chi connectivity index (χ2v) is 4.38. The number of rotatable bonds is 6. The van der Waals surface area contributed by atoms with Gasteiger partial charge in [0.15, 0.2) is 5.60 Å². The van der Waals surface area contributed by atoms with Gasteiger partial charge >= 0.3 is 12.0 Å². The highest BCUT2D eigenvalue weighted by molar-refractivity contribution is 5.79. The summed E-state index contributed by atoms with van der Waals surface area (Å²) in [6.07, 6.45) is 2.28. The zero-order valence-corrected chi connectivity index (χ0v) is 10.9. The van der Waals surface area contributed by atoms with Crippen LogP contribution in [0.15, 0.2) is 12.3 Å². The summed E-state index contributed by atoms with van der Waals surface area (Å²) in [5, 5.41) is 26.9. The monoisotopic (exact) mass is 270 g/mol. The first kappa shape index (κ1) is 15.0. The molecule has 0 bridgehead atoms. The maximum atomic E-state index is 11.4. The Kier molecular flexibility index (Phi) is 4.87. The molecule has 4 N–H and O–H groups in total. The smallest absolute Gasteiger partial charge is 0.337 e. The van der Waals surface area contributed by atoms with Crippen LogP contribution in [0.25, 0.3) is 0 Å². The normalized spacial score (nSPS) is 13.6. The van der Waals surface area contributed by atoms with Crippen LogP contribution in [0.3, 0.4) is 0 Å². The third-order valence-electron chi connectivity index (χ3n) is 2.64. The number of hydrogen-bond acceptors (Lipinski definition) is 4. The highest BCUT2D eigenvalue weighted by Gasteiger charge is 2.30. The fourth-order valence-corrected chi connectivity index (χ4v) is 1.34. The van der Waals surface area contributed by atoms with Crippen molar-refractivity contribution >= 4 is 12.0 Å². The highest BCUT2D eigenvalue weighted by atomic mass is 16.4. The third-order valence-corrected chi connectivity index (χ3v) is 2.64. The minimum Gasteiger partial charge on any atom is -0.479 e. The maximum absolute atomic E-state index is 11.4. The number of aryl methyl sites for hydroxylation is 1. The number of carbonyl (C=O) groups is 2. The molecule has 0 aliphatic rings. The number of urea groups is 1. The Morgan fingerprint density at radius 1 is 1.47 bits per heavy atom. The molecule has 106 valence electrons. The van der Waals surface area contributed by atoms with E-state index < -0.39 is 17.6 Å². The first-order valence-electron chi connectivity index (χ1n) is 5.77. The van der Waals surface area contributed by atoms with E-state index in [1.54, 1.807) is 17.9 Å². The number of aliphatic carboxylic acids is 1. The Labute approximate surface area is 110 Å². The van der Waals surface area contributed by atoms with Gasteiger partial charge in [-0.25, -0.2) is 9.59 Å². The lowest BCUT2D eigenvalue weighted by molar-refractivity contribution is -0.155. The number of aliphatic hydroxyl groups is 1. The fourth-order valence-electron chi connectivity index (χ4n) is 1.34. The molecule has 1 aromatic heterocycles. The van der Waals surface area contributed by atoms with Crippen LogP contribution in [0.4, 0.5) is 4.79 Å². The summed E-state index contributed by atoms with van der Waals surface area (Å²) >= 11 is 0. The number of amides is 2. The quantitative estimate of drug-likeness (QED) is 0.534. The second kappa shape index (κ2) is 6.19. The molecular weight excluding hydrogens is 252 g/mol. The van der Waals surface area contributed by atoms with Crippen LogP contribution in [0.5, 0.6) is 0 Å². The van der Waals surface area contributed by atoms with Crippen molar-refractivity contribution < 1.29 is 19.8 Å². The molecule has 2 amide bonds. The zero-order chi connectivity index (χ0) is 14.5. The molecule has 0 fully saturated rings. The molecule has 1 unspecified atom stereocenters. The summed E-state index contributed by atoms with van der Waals surface area (Å²) in [5.41, 5.74) is -1.00. The van der Waals surface area contributed by atoms with E-state index in [-0.39, 0.29) is 6.54 Å². The molecule has 0 spiro atoms. The van der Waals surface area contributed by atoms with Crippen LogP contribution in [-0.2, 0) is 18.3 Å². The summed E-state index contributed by atoms with van der Waals surface area (Å²) < 4.78 is 1.70. The van der Waals surface area contributed by atoms with Crippen molar-refractivity contribution in [1.29, 1.82) is 0 Å². The van der Waals surface area contributed by atoms with Gasteiger partial charge in [0, 0.05) is 31.9 Å². The van der Waals surface area contributed by atoms with Crippen molar-refractivity contribution in [2.45, 2.75) is 18.9 Å². The number of hydrogen-bond donors (Lipinski definition) is 4. The van der Waals surface area contributed by atoms with E-state index in [1.165, 1.54) is 0 Å². The average molecular weight is 270 g/mol. The first-order valence-corrected chi connectivity index (χ1v) is 5.77. The summed E-state index contributed by atoms with van der Waals surface area (Å²) in [5.74, 6) is -1.39. The van der Waals surface area contributed by atoms with E-state index in [2.05, 4.69) is 15.7 Å². The number of nitrogens with one attached hydrogen (secondary N) is 2. The molecule has 0 radical (unpaired) electrons. The summed E-state index contributed by atoms with van der Waals surface area (Å²) in [6, 6.07) is 1.32. The Balaban J connectivity index is 2.26. The standard InChI is InChI=1S/C11H18N4O4/c1-11(19,9(16)17)7-13-10(18)12-5-3-8-4-6-14-15(8)2/h4,6,19H,3,5,7H2,1-2H3,(H,16,17)(H2,12,13,18). The molecule has 1 aromatic rings. The predicted molar refractivity (Wildman–Crippen MR) is 66.6 cm³/mol. The van der Waals surface area contributed by atoms with E-state index >= 15 is 0 Å². The molecular formula is C11H18N4O4. The van der Waals surface area contributed by atoms with Crippen molar-refractivity contribution in [3.05, 3.63) is 18.0 Å². The Morgan fingerprint density at radius 2 is 2.16 bits per heavy atom. The van der Waals surface area contributed by atoms with Gasteiger partial charge < -0.3 is 20.8 Å². The van der Waals surface area contributed by atoms with Gasteiger partial charge in [-0.05, 0) is 13.0 Å². The molecule has 0 saturated carbocycles. The minimum absolute atomic E-state index is 0.361. The Bertz CT molecular complexity index is 455. The molecule has 1 rings (SSSR count). The van der Waals surface area contributed by atoms with Gasteiger partial charge in [-0.3, -0.25) is 4.68 Å². The van der Waals surface area contributed by atoms with Crippen molar-refractivity contribution in [3.63, 3.8) is 0 Å². The topological polar surface area (TPSA) is 116 Å². The van der Waals surface area contributed by atoms with Crippen LogP contribution >= 0.6 is 0 Å². The van der Waals surface area contributed by atoms with Gasteiger partial charge in [-0.1, -0.05) is 0 Å². The van der Waals surface area contributed by atoms with E-state index in [4.69, 9.17) is 5.11 Å². The van der Waals surface area contributed by atoms with Gasteiger partial charge in [0.05, 0.1) is 6.54 Å². The average Bonchev–Trinajstić information content (AvgIpc) is 2.72. The van der Waals surface area contributed by atoms with Crippen LogP contribution < -0.4 is 10.6 Å². The van der Waals surface area contributed by atoms with Crippen LogP contribution in [0, 0.1) is 0 Å². The van der Waals surface area contributed by atoms with E-state index in [1.807, 2.05) is 6.07 Å². The summed E-state index contributed by atoms with van der Waals surface area (Å²) in [7, 11) is 1.81. The third kappa shape index (κ3) is 4.59. The van der Waals surface area contributed by atoms with Gasteiger partial charge in [0.2, 0.25) is 0 Å². The molecule has 0 aliphatic heterocycles. The molecule has 8 nitrogen and oxygen atoms in total. The van der Waals surface area contributed by atoms with E-state index in [0.29, 0.717) is 13.0 Å². The number of carboxylic acid groups (broad SMARTS) is 1. The van der Waals surface area contributed by atoms with Crippen LogP contribution in [0.2, 0.25) is 0 Å². The lowest BCUT2D eigenvalue weighted by atomic mass is 10.1. The number of carboxylic acids is 1. The van der Waals surface area contributed by atoms with Gasteiger partial charge in [-0.15, -0.1) is 0 Å². The van der Waals surface area contributed by atoms with Gasteiger partial charge in [0.25, 0.3) is 0 Å². The van der Waals surface area contributed by atoms with Crippen molar-refractivity contribution in [1.82, 2.24) is 20.4 Å². The van der Waals surface area contributed by atoms with Crippen molar-refractivity contribution in [3.8, 4) is 0 Å². The number of carbonyl (C=O) groups excluding carboxylic acids is 1. The lowest BCUT2D eigenvalue weighted by Gasteiger charge is -2.18. The summed E-state index contributed by atoms with van der Waals surface area (Å²) in [6.45, 7) is 1.14. The number of aromatic nitrogens is 2. The zero-order valence-electron chi connectivity index (χ0n) is 10.9. The highest BCUT2D eigenvalue weighted by Crippen LogP contribution is 2.00. The van der Waals surface area contributed by atoms with Crippen molar-refractivity contribution in [2.24, 2.45) is 7.05 Å². The largest absolute Gasteiger partial charge is 0.479 e. The molecule has 0 aliphatic carbocycles. The molecule has 0 saturated heterocycles. The molecule has 1 atom stereocenters. The summed E-state index contributed by atoms with van der Waals surface area (Å²) in [4.78, 5) is 22.0. The minimum atomic E-state index is -1.97. The van der Waals surface area contributed by atoms with Crippen LogP contribution in [0.1, 0.15) is 12.6 Å². The first-order chi connectivity index (χ1) is 8.83. The van der Waals surface area contributed by atoms with Crippen LogP contribution in [-0.4, -0.2) is 50.7 Å². The van der Waals surface area contributed by atoms with Gasteiger partial charge in [0.1, 0.15) is 0 Å². The molecule has 0 aromatic carbocycles. The molecule has 19 heavy (non-hydrogen) atoms. The maximum Gasteiger partial charge on any atom is 0.337 e. The van der Waals surface area contributed by atoms with Crippen molar-refractivity contribution in [2.75, 3.05) is 13.1 Å². The molecule has 8 heteroatoms.